The molecule has 0 unspecified atom stereocenters. The van der Waals surface area contributed by atoms with Crippen molar-refractivity contribution in [3.8, 4) is 11.1 Å². The van der Waals surface area contributed by atoms with E-state index in [1.165, 1.54) is 18.3 Å². The molecule has 5 nitrogen and oxygen atoms in total. The van der Waals surface area contributed by atoms with Gasteiger partial charge in [-0.25, -0.2) is 0 Å². The molecular weight excluding hydrogens is 355 g/mol. The average Bonchev–Trinajstić information content (AvgIpc) is 3.04. The van der Waals surface area contributed by atoms with Crippen molar-refractivity contribution in [2.45, 2.75) is 6.18 Å². The standard InChI is InChI=1S/C19H14F3N5/c1-27-17-4-2-3-16(15(17)11-24-27)25-18-9-13(10-23-26-18)12-5-7-14(8-6-12)19(20,21)22/h2-11H,1H3,(H,25,26). The van der Waals surface area contributed by atoms with Crippen molar-refractivity contribution >= 4 is 22.4 Å². The fourth-order valence-corrected chi connectivity index (χ4v) is 2.86. The Labute approximate surface area is 152 Å². The molecule has 2 aromatic heterocycles. The van der Waals surface area contributed by atoms with Crippen molar-refractivity contribution in [1.82, 2.24) is 20.0 Å². The van der Waals surface area contributed by atoms with Gasteiger partial charge in [-0.05, 0) is 35.9 Å². The molecule has 8 heteroatoms. The third-order valence-electron chi connectivity index (χ3n) is 4.25. The average molecular weight is 369 g/mol. The van der Waals surface area contributed by atoms with Crippen LogP contribution in [-0.4, -0.2) is 20.0 Å². The maximum atomic E-state index is 12.7. The normalized spacial score (nSPS) is 11.7. The number of benzene rings is 2. The Kier molecular flexibility index (Phi) is 4.02. The summed E-state index contributed by atoms with van der Waals surface area (Å²) in [4.78, 5) is 0. The second-order valence-corrected chi connectivity index (χ2v) is 6.04. The summed E-state index contributed by atoms with van der Waals surface area (Å²) in [7, 11) is 1.86. The first-order valence-electron chi connectivity index (χ1n) is 8.10. The van der Waals surface area contributed by atoms with E-state index in [2.05, 4.69) is 20.6 Å². The Morgan fingerprint density at radius 3 is 2.48 bits per heavy atom. The van der Waals surface area contributed by atoms with Crippen LogP contribution in [0, 0.1) is 0 Å². The van der Waals surface area contributed by atoms with E-state index in [1.54, 1.807) is 16.9 Å². The van der Waals surface area contributed by atoms with E-state index < -0.39 is 11.7 Å². The molecular formula is C19H14F3N5. The van der Waals surface area contributed by atoms with Gasteiger partial charge in [-0.1, -0.05) is 18.2 Å². The predicted molar refractivity (Wildman–Crippen MR) is 96.5 cm³/mol. The van der Waals surface area contributed by atoms with Gasteiger partial charge < -0.3 is 5.32 Å². The lowest BCUT2D eigenvalue weighted by Gasteiger charge is -2.09. The fourth-order valence-electron chi connectivity index (χ4n) is 2.86. The minimum absolute atomic E-state index is 0.490. The summed E-state index contributed by atoms with van der Waals surface area (Å²) < 4.78 is 39.9. The van der Waals surface area contributed by atoms with Crippen LogP contribution in [0.2, 0.25) is 0 Å². The number of hydrogen-bond donors (Lipinski definition) is 1. The van der Waals surface area contributed by atoms with Crippen LogP contribution in [-0.2, 0) is 13.2 Å². The van der Waals surface area contributed by atoms with Crippen molar-refractivity contribution < 1.29 is 13.2 Å². The van der Waals surface area contributed by atoms with E-state index in [0.717, 1.165) is 28.7 Å². The highest BCUT2D eigenvalue weighted by atomic mass is 19.4. The second kappa shape index (κ2) is 6.39. The third kappa shape index (κ3) is 3.33. The molecule has 0 aliphatic carbocycles. The molecule has 0 saturated heterocycles. The Balaban J connectivity index is 1.64. The quantitative estimate of drug-likeness (QED) is 0.564. The van der Waals surface area contributed by atoms with Crippen LogP contribution in [0.4, 0.5) is 24.7 Å². The van der Waals surface area contributed by atoms with Gasteiger partial charge in [0.05, 0.1) is 29.2 Å². The number of nitrogens with zero attached hydrogens (tertiary/aromatic N) is 4. The number of aromatic nitrogens is 4. The van der Waals surface area contributed by atoms with Crippen LogP contribution < -0.4 is 5.32 Å². The lowest BCUT2D eigenvalue weighted by molar-refractivity contribution is -0.137. The first-order valence-corrected chi connectivity index (χ1v) is 8.10. The number of halogens is 3. The van der Waals surface area contributed by atoms with Crippen molar-refractivity contribution in [3.05, 3.63) is 66.5 Å². The molecule has 1 N–H and O–H groups in total. The van der Waals surface area contributed by atoms with Gasteiger partial charge in [-0.3, -0.25) is 4.68 Å². The zero-order valence-electron chi connectivity index (χ0n) is 14.2. The first-order chi connectivity index (χ1) is 12.9. The van der Waals surface area contributed by atoms with Crippen LogP contribution in [0.15, 0.2) is 60.9 Å². The van der Waals surface area contributed by atoms with Crippen molar-refractivity contribution in [3.63, 3.8) is 0 Å². The smallest absolute Gasteiger partial charge is 0.338 e. The highest BCUT2D eigenvalue weighted by molar-refractivity contribution is 5.93. The van der Waals surface area contributed by atoms with Crippen molar-refractivity contribution in [2.24, 2.45) is 7.05 Å². The minimum Gasteiger partial charge on any atom is -0.338 e. The number of anilines is 2. The zero-order valence-corrected chi connectivity index (χ0v) is 14.2. The van der Waals surface area contributed by atoms with Gasteiger partial charge in [0, 0.05) is 18.0 Å². The second-order valence-electron chi connectivity index (χ2n) is 6.04. The first kappa shape index (κ1) is 17.0. The molecule has 4 aromatic rings. The Morgan fingerprint density at radius 1 is 0.963 bits per heavy atom. The van der Waals surface area contributed by atoms with Gasteiger partial charge in [0.1, 0.15) is 0 Å². The highest BCUT2D eigenvalue weighted by Gasteiger charge is 2.29. The van der Waals surface area contributed by atoms with E-state index in [9.17, 15) is 13.2 Å². The van der Waals surface area contributed by atoms with E-state index in [0.29, 0.717) is 16.9 Å². The third-order valence-corrected chi connectivity index (χ3v) is 4.25. The molecule has 2 heterocycles. The highest BCUT2D eigenvalue weighted by Crippen LogP contribution is 2.31. The summed E-state index contributed by atoms with van der Waals surface area (Å²) in [5.74, 6) is 0.490. The largest absolute Gasteiger partial charge is 0.416 e. The van der Waals surface area contributed by atoms with E-state index in [4.69, 9.17) is 0 Å². The molecule has 0 amide bonds. The summed E-state index contributed by atoms with van der Waals surface area (Å²) in [5, 5.41) is 16.4. The van der Waals surface area contributed by atoms with Crippen LogP contribution in [0.25, 0.3) is 22.0 Å². The molecule has 0 bridgehead atoms. The lowest BCUT2D eigenvalue weighted by atomic mass is 10.1. The monoisotopic (exact) mass is 369 g/mol. The van der Waals surface area contributed by atoms with Gasteiger partial charge in [0.25, 0.3) is 0 Å². The molecule has 0 radical (unpaired) electrons. The molecule has 0 atom stereocenters. The molecule has 2 aromatic carbocycles. The van der Waals surface area contributed by atoms with Crippen molar-refractivity contribution in [1.29, 1.82) is 0 Å². The van der Waals surface area contributed by atoms with Crippen LogP contribution in [0.1, 0.15) is 5.56 Å². The molecule has 0 fully saturated rings. The number of hydrogen-bond acceptors (Lipinski definition) is 4. The molecule has 136 valence electrons. The number of fused-ring (bicyclic) bond motifs is 1. The van der Waals surface area contributed by atoms with Crippen LogP contribution in [0.3, 0.4) is 0 Å². The zero-order chi connectivity index (χ0) is 19.0. The maximum Gasteiger partial charge on any atom is 0.416 e. The SMILES string of the molecule is Cn1ncc2c(Nc3cc(-c4ccc(C(F)(F)F)cc4)cnn3)cccc21. The van der Waals surface area contributed by atoms with Crippen molar-refractivity contribution in [2.75, 3.05) is 5.32 Å². The maximum absolute atomic E-state index is 12.7. The topological polar surface area (TPSA) is 55.6 Å². The molecule has 0 spiro atoms. The van der Waals surface area contributed by atoms with Gasteiger partial charge in [-0.2, -0.15) is 23.4 Å². The van der Waals surface area contributed by atoms with Gasteiger partial charge in [0.15, 0.2) is 5.82 Å². The predicted octanol–water partition coefficient (Wildman–Crippen LogP) is 4.79. The van der Waals surface area contributed by atoms with E-state index in [1.807, 2.05) is 25.2 Å². The Morgan fingerprint density at radius 2 is 1.74 bits per heavy atom. The van der Waals surface area contributed by atoms with Crippen LogP contribution in [0.5, 0.6) is 0 Å². The Hall–Kier alpha value is -3.42. The Bertz CT molecular complexity index is 1100. The number of nitrogens with one attached hydrogen (secondary N) is 1. The molecule has 4 rings (SSSR count). The summed E-state index contributed by atoms with van der Waals surface area (Å²) in [6, 6.07) is 12.5. The van der Waals surface area contributed by atoms with E-state index >= 15 is 0 Å². The van der Waals surface area contributed by atoms with E-state index in [-0.39, 0.29) is 0 Å². The summed E-state index contributed by atoms with van der Waals surface area (Å²) in [6.07, 6.45) is -1.09. The van der Waals surface area contributed by atoms with Gasteiger partial charge >= 0.3 is 6.18 Å². The van der Waals surface area contributed by atoms with Gasteiger partial charge in [-0.15, -0.1) is 5.10 Å². The summed E-state index contributed by atoms with van der Waals surface area (Å²) in [5.41, 5.74) is 2.39. The molecule has 0 aliphatic heterocycles. The van der Waals surface area contributed by atoms with Crippen LogP contribution >= 0.6 is 0 Å². The number of aryl methyl sites for hydroxylation is 1. The minimum atomic E-state index is -4.36. The van der Waals surface area contributed by atoms with Gasteiger partial charge in [0.2, 0.25) is 0 Å². The summed E-state index contributed by atoms with van der Waals surface area (Å²) in [6.45, 7) is 0. The summed E-state index contributed by atoms with van der Waals surface area (Å²) >= 11 is 0. The fraction of sp³-hybridized carbons (Fsp3) is 0.105. The number of alkyl halides is 3. The number of rotatable bonds is 3. The molecule has 27 heavy (non-hydrogen) atoms. The molecule has 0 aliphatic rings. The lowest BCUT2D eigenvalue weighted by Crippen LogP contribution is -2.04. The molecule has 0 saturated carbocycles.